The molecule has 1 aliphatic rings. The van der Waals surface area contributed by atoms with Crippen LogP contribution in [0, 0.1) is 0 Å². The fourth-order valence-corrected chi connectivity index (χ4v) is 2.43. The minimum absolute atomic E-state index is 0.0868. The first kappa shape index (κ1) is 16.6. The monoisotopic (exact) mass is 331 g/mol. The number of benzene rings is 1. The van der Waals surface area contributed by atoms with Crippen LogP contribution in [0.2, 0.25) is 10.0 Å². The Hall–Kier alpha value is -0.810. The van der Waals surface area contributed by atoms with Crippen molar-refractivity contribution < 1.29 is 14.3 Å². The van der Waals surface area contributed by atoms with Crippen LogP contribution in [0.1, 0.15) is 26.2 Å². The summed E-state index contributed by atoms with van der Waals surface area (Å²) in [5.41, 5.74) is 0.485. The first-order chi connectivity index (χ1) is 10.1. The van der Waals surface area contributed by atoms with Crippen molar-refractivity contribution in [1.82, 2.24) is 0 Å². The lowest BCUT2D eigenvalue weighted by atomic mass is 10.1. The molecule has 1 aliphatic heterocycles. The summed E-state index contributed by atoms with van der Waals surface area (Å²) in [4.78, 5) is 12.1. The molecule has 4 nitrogen and oxygen atoms in total. The average Bonchev–Trinajstić information content (AvgIpc) is 2.49. The second-order valence-corrected chi connectivity index (χ2v) is 5.92. The van der Waals surface area contributed by atoms with E-state index in [1.807, 2.05) is 0 Å². The summed E-state index contributed by atoms with van der Waals surface area (Å²) in [6.45, 7) is 2.90. The minimum atomic E-state index is -0.578. The van der Waals surface area contributed by atoms with Crippen molar-refractivity contribution in [3.8, 4) is 0 Å². The van der Waals surface area contributed by atoms with Crippen LogP contribution in [0.4, 0.5) is 5.69 Å². The van der Waals surface area contributed by atoms with Gasteiger partial charge in [-0.25, -0.2) is 0 Å². The van der Waals surface area contributed by atoms with Crippen LogP contribution < -0.4 is 5.32 Å². The number of anilines is 1. The van der Waals surface area contributed by atoms with Crippen molar-refractivity contribution in [2.45, 2.75) is 38.4 Å². The van der Waals surface area contributed by atoms with Crippen molar-refractivity contribution in [2.24, 2.45) is 0 Å². The smallest absolute Gasteiger partial charge is 0.253 e. The van der Waals surface area contributed by atoms with E-state index >= 15 is 0 Å². The third-order valence-corrected chi connectivity index (χ3v) is 3.93. The van der Waals surface area contributed by atoms with Gasteiger partial charge in [0.2, 0.25) is 0 Å². The molecule has 0 aromatic heterocycles. The third-order valence-electron chi connectivity index (χ3n) is 3.36. The molecule has 0 spiro atoms. The lowest BCUT2D eigenvalue weighted by Crippen LogP contribution is -2.32. The molecule has 1 amide bonds. The van der Waals surface area contributed by atoms with Crippen molar-refractivity contribution in [3.05, 3.63) is 28.2 Å². The first-order valence-electron chi connectivity index (χ1n) is 7.05. The van der Waals surface area contributed by atoms with Gasteiger partial charge in [-0.15, -0.1) is 0 Å². The van der Waals surface area contributed by atoms with Gasteiger partial charge in [0.05, 0.1) is 23.4 Å². The molecule has 1 saturated heterocycles. The molecule has 2 unspecified atom stereocenters. The number of ether oxygens (including phenoxy) is 2. The van der Waals surface area contributed by atoms with Crippen LogP contribution >= 0.6 is 23.2 Å². The van der Waals surface area contributed by atoms with Crippen molar-refractivity contribution in [1.29, 1.82) is 0 Å². The van der Waals surface area contributed by atoms with Crippen molar-refractivity contribution in [3.63, 3.8) is 0 Å². The highest BCUT2D eigenvalue weighted by Crippen LogP contribution is 2.25. The van der Waals surface area contributed by atoms with Crippen LogP contribution in [-0.2, 0) is 14.3 Å². The Kier molecular flexibility index (Phi) is 6.30. The van der Waals surface area contributed by atoms with Gasteiger partial charge < -0.3 is 14.8 Å². The second-order valence-electron chi connectivity index (χ2n) is 5.08. The maximum absolute atomic E-state index is 12.1. The molecule has 0 bridgehead atoms. The Morgan fingerprint density at radius 3 is 3.00 bits per heavy atom. The van der Waals surface area contributed by atoms with E-state index in [9.17, 15) is 4.79 Å². The van der Waals surface area contributed by atoms with Gasteiger partial charge in [0.1, 0.15) is 6.10 Å². The minimum Gasteiger partial charge on any atom is -0.376 e. The lowest BCUT2D eigenvalue weighted by Gasteiger charge is -2.24. The zero-order chi connectivity index (χ0) is 15.2. The predicted molar refractivity (Wildman–Crippen MR) is 84.1 cm³/mol. The summed E-state index contributed by atoms with van der Waals surface area (Å²) in [5.74, 6) is -0.255. The zero-order valence-corrected chi connectivity index (χ0v) is 13.4. The van der Waals surface area contributed by atoms with Crippen LogP contribution in [0.15, 0.2) is 18.2 Å². The molecule has 1 N–H and O–H groups in total. The number of nitrogens with one attached hydrogen (secondary N) is 1. The van der Waals surface area contributed by atoms with E-state index in [0.29, 0.717) is 22.3 Å². The van der Waals surface area contributed by atoms with Gasteiger partial charge in [-0.3, -0.25) is 4.79 Å². The maximum atomic E-state index is 12.1. The standard InChI is InChI=1S/C15H19Cl2NO3/c1-10(21-9-12-4-2-3-7-20-12)15(19)18-14-8-11(16)5-6-13(14)17/h5-6,8,10,12H,2-4,7,9H2,1H3,(H,18,19). The molecule has 116 valence electrons. The van der Waals surface area contributed by atoms with E-state index in [0.717, 1.165) is 25.9 Å². The molecule has 1 heterocycles. The van der Waals surface area contributed by atoms with E-state index in [1.54, 1.807) is 25.1 Å². The highest BCUT2D eigenvalue weighted by atomic mass is 35.5. The molecule has 1 fully saturated rings. The van der Waals surface area contributed by atoms with E-state index < -0.39 is 6.10 Å². The Labute approximate surface area is 134 Å². The molecular formula is C15H19Cl2NO3. The maximum Gasteiger partial charge on any atom is 0.253 e. The highest BCUT2D eigenvalue weighted by Gasteiger charge is 2.19. The van der Waals surface area contributed by atoms with E-state index in [2.05, 4.69) is 5.32 Å². The number of rotatable bonds is 5. The van der Waals surface area contributed by atoms with Crippen LogP contribution in [0.3, 0.4) is 0 Å². The fraction of sp³-hybridized carbons (Fsp3) is 0.533. The molecule has 2 atom stereocenters. The molecular weight excluding hydrogens is 313 g/mol. The molecule has 2 rings (SSSR count). The van der Waals surface area contributed by atoms with E-state index in [-0.39, 0.29) is 12.0 Å². The Balaban J connectivity index is 1.82. The predicted octanol–water partition coefficient (Wildman–Crippen LogP) is 3.91. The van der Waals surface area contributed by atoms with Crippen molar-refractivity contribution >= 4 is 34.8 Å². The largest absolute Gasteiger partial charge is 0.376 e. The van der Waals surface area contributed by atoms with Gasteiger partial charge >= 0.3 is 0 Å². The summed E-state index contributed by atoms with van der Waals surface area (Å²) in [6, 6.07) is 4.92. The van der Waals surface area contributed by atoms with E-state index in [1.165, 1.54) is 0 Å². The Morgan fingerprint density at radius 1 is 1.48 bits per heavy atom. The number of hydrogen-bond donors (Lipinski definition) is 1. The SMILES string of the molecule is CC(OCC1CCCCO1)C(=O)Nc1cc(Cl)ccc1Cl. The van der Waals surface area contributed by atoms with Gasteiger partial charge in [-0.05, 0) is 44.4 Å². The van der Waals surface area contributed by atoms with Crippen LogP contribution in [-0.4, -0.2) is 31.3 Å². The summed E-state index contributed by atoms with van der Waals surface area (Å²) < 4.78 is 11.1. The van der Waals surface area contributed by atoms with Crippen LogP contribution in [0.5, 0.6) is 0 Å². The van der Waals surface area contributed by atoms with Crippen LogP contribution in [0.25, 0.3) is 0 Å². The zero-order valence-electron chi connectivity index (χ0n) is 11.9. The lowest BCUT2D eigenvalue weighted by molar-refractivity contribution is -0.130. The topological polar surface area (TPSA) is 47.6 Å². The van der Waals surface area contributed by atoms with Gasteiger partial charge in [0.25, 0.3) is 5.91 Å². The number of hydrogen-bond acceptors (Lipinski definition) is 3. The molecule has 1 aromatic carbocycles. The summed E-state index contributed by atoms with van der Waals surface area (Å²) in [5, 5.41) is 3.67. The van der Waals surface area contributed by atoms with Gasteiger partial charge in [0.15, 0.2) is 0 Å². The van der Waals surface area contributed by atoms with Crippen molar-refractivity contribution in [2.75, 3.05) is 18.5 Å². The molecule has 0 saturated carbocycles. The Bertz CT molecular complexity index is 490. The van der Waals surface area contributed by atoms with Gasteiger partial charge in [-0.1, -0.05) is 23.2 Å². The number of carbonyl (C=O) groups excluding carboxylic acids is 1. The Morgan fingerprint density at radius 2 is 2.29 bits per heavy atom. The second kappa shape index (κ2) is 7.99. The summed E-state index contributed by atoms with van der Waals surface area (Å²) in [7, 11) is 0. The van der Waals surface area contributed by atoms with E-state index in [4.69, 9.17) is 32.7 Å². The van der Waals surface area contributed by atoms with Gasteiger partial charge in [0, 0.05) is 11.6 Å². The molecule has 1 aromatic rings. The summed E-state index contributed by atoms with van der Waals surface area (Å²) >= 11 is 11.9. The molecule has 0 aliphatic carbocycles. The third kappa shape index (κ3) is 5.15. The highest BCUT2D eigenvalue weighted by molar-refractivity contribution is 6.35. The quantitative estimate of drug-likeness (QED) is 0.889. The molecule has 6 heteroatoms. The number of amides is 1. The number of carbonyl (C=O) groups is 1. The summed E-state index contributed by atoms with van der Waals surface area (Å²) in [6.07, 6.45) is 2.73. The van der Waals surface area contributed by atoms with Gasteiger partial charge in [-0.2, -0.15) is 0 Å². The number of halogens is 2. The average molecular weight is 332 g/mol. The first-order valence-corrected chi connectivity index (χ1v) is 7.81. The normalized spacial score (nSPS) is 20.0. The molecule has 0 radical (unpaired) electrons. The fourth-order valence-electron chi connectivity index (χ4n) is 2.09. The molecule has 21 heavy (non-hydrogen) atoms.